The lowest BCUT2D eigenvalue weighted by atomic mass is 9.88. The van der Waals surface area contributed by atoms with Crippen LogP contribution in [0.4, 0.5) is 5.69 Å². The van der Waals surface area contributed by atoms with E-state index in [1.165, 1.54) is 0 Å². The number of aromatic nitrogens is 2. The van der Waals surface area contributed by atoms with Crippen LogP contribution in [0.15, 0.2) is 53.3 Å². The molecule has 0 spiro atoms. The summed E-state index contributed by atoms with van der Waals surface area (Å²) in [5.74, 6) is -0.190. The van der Waals surface area contributed by atoms with Crippen LogP contribution in [0.1, 0.15) is 50.2 Å². The van der Waals surface area contributed by atoms with Crippen molar-refractivity contribution in [3.05, 3.63) is 75.2 Å². The van der Waals surface area contributed by atoms with Gasteiger partial charge >= 0.3 is 0 Å². The lowest BCUT2D eigenvalue weighted by molar-refractivity contribution is -0.118. The number of rotatable bonds is 13. The highest BCUT2D eigenvalue weighted by atomic mass is 35.5. The van der Waals surface area contributed by atoms with Gasteiger partial charge < -0.3 is 20.3 Å². The van der Waals surface area contributed by atoms with E-state index < -0.39 is 5.41 Å². The molecule has 2 N–H and O–H groups in total. The zero-order chi connectivity index (χ0) is 29.4. The number of likely N-dealkylation sites (N-methyl/N-ethyl adjacent to an activating group) is 1. The van der Waals surface area contributed by atoms with Gasteiger partial charge in [0, 0.05) is 37.5 Å². The monoisotopic (exact) mass is 569 g/mol. The van der Waals surface area contributed by atoms with Gasteiger partial charge in [-0.1, -0.05) is 43.6 Å². The first-order valence-electron chi connectivity index (χ1n) is 13.5. The first-order valence-corrected chi connectivity index (χ1v) is 13.9. The smallest absolute Gasteiger partial charge is 0.295 e. The summed E-state index contributed by atoms with van der Waals surface area (Å²) < 4.78 is 9.10. The van der Waals surface area contributed by atoms with Crippen molar-refractivity contribution in [2.45, 2.75) is 47.1 Å². The van der Waals surface area contributed by atoms with Crippen molar-refractivity contribution >= 4 is 29.1 Å². The van der Waals surface area contributed by atoms with Gasteiger partial charge in [0.1, 0.15) is 11.4 Å². The number of anilines is 1. The van der Waals surface area contributed by atoms with Crippen LogP contribution in [0.2, 0.25) is 5.02 Å². The molecule has 0 saturated carbocycles. The van der Waals surface area contributed by atoms with Crippen molar-refractivity contribution in [3.8, 4) is 11.4 Å². The highest BCUT2D eigenvalue weighted by Crippen LogP contribution is 2.25. The first-order chi connectivity index (χ1) is 19.0. The van der Waals surface area contributed by atoms with Crippen LogP contribution >= 0.6 is 11.6 Å². The van der Waals surface area contributed by atoms with Gasteiger partial charge in [-0.25, -0.2) is 4.68 Å². The van der Waals surface area contributed by atoms with Crippen LogP contribution in [0.3, 0.4) is 0 Å². The molecule has 9 nitrogen and oxygen atoms in total. The summed E-state index contributed by atoms with van der Waals surface area (Å²) in [6.45, 7) is 9.52. The number of carbonyl (C=O) groups excluding carboxylic acids is 2. The third-order valence-corrected chi connectivity index (χ3v) is 6.70. The van der Waals surface area contributed by atoms with E-state index in [9.17, 15) is 14.4 Å². The Morgan fingerprint density at radius 3 is 2.40 bits per heavy atom. The molecule has 3 aromatic rings. The molecule has 0 bridgehead atoms. The van der Waals surface area contributed by atoms with Gasteiger partial charge in [0.2, 0.25) is 5.91 Å². The Morgan fingerprint density at radius 1 is 1.07 bits per heavy atom. The van der Waals surface area contributed by atoms with Gasteiger partial charge in [0.25, 0.3) is 11.5 Å². The Balaban J connectivity index is 1.79. The molecular formula is C30H40ClN5O4. The number of ether oxygens (including phenoxy) is 1. The van der Waals surface area contributed by atoms with Gasteiger partial charge in [-0.2, -0.15) is 0 Å². The molecule has 0 fully saturated rings. The minimum absolute atomic E-state index is 0.0936. The van der Waals surface area contributed by atoms with Crippen LogP contribution in [0.25, 0.3) is 5.69 Å². The third-order valence-electron chi connectivity index (χ3n) is 6.46. The van der Waals surface area contributed by atoms with Gasteiger partial charge in [-0.05, 0) is 63.7 Å². The Kier molecular flexibility index (Phi) is 10.6. The Labute approximate surface area is 241 Å². The molecule has 0 radical (unpaired) electrons. The van der Waals surface area contributed by atoms with Crippen molar-refractivity contribution in [1.82, 2.24) is 19.6 Å². The average Bonchev–Trinajstić information content (AvgIpc) is 3.17. The lowest BCUT2D eigenvalue weighted by Crippen LogP contribution is -2.37. The zero-order valence-electron chi connectivity index (χ0n) is 24.2. The Bertz CT molecular complexity index is 1380. The number of carbonyl (C=O) groups is 2. The second-order valence-electron chi connectivity index (χ2n) is 10.7. The van der Waals surface area contributed by atoms with Crippen molar-refractivity contribution in [1.29, 1.82) is 0 Å². The molecule has 2 aromatic carbocycles. The van der Waals surface area contributed by atoms with Gasteiger partial charge in [-0.15, -0.1) is 0 Å². The van der Waals surface area contributed by atoms with Crippen LogP contribution in [-0.4, -0.2) is 59.9 Å². The standard InChI is InChI=1S/C30H40ClN5O4/c1-7-35-24(16-17-34(5)6)27(29(39)36(35)22-12-10-9-11-13-22)33-26(37)19-30(3,4)20-32-28(38)23-18-21(31)14-15-25(23)40-8-2/h9-15,18H,7-8,16-17,19-20H2,1-6H3,(H,32,38)(H,33,37). The normalized spacial score (nSPS) is 11.5. The second-order valence-corrected chi connectivity index (χ2v) is 11.1. The minimum atomic E-state index is -0.598. The predicted molar refractivity (Wildman–Crippen MR) is 160 cm³/mol. The number of para-hydroxylation sites is 1. The molecule has 0 aliphatic rings. The molecule has 0 aliphatic heterocycles. The number of nitrogens with one attached hydrogen (secondary N) is 2. The largest absolute Gasteiger partial charge is 0.493 e. The number of hydrogen-bond acceptors (Lipinski definition) is 5. The van der Waals surface area contributed by atoms with E-state index in [4.69, 9.17) is 16.3 Å². The molecule has 3 rings (SSSR count). The average molecular weight is 570 g/mol. The minimum Gasteiger partial charge on any atom is -0.493 e. The van der Waals surface area contributed by atoms with E-state index in [-0.39, 0.29) is 36.0 Å². The topological polar surface area (TPSA) is 97.6 Å². The number of hydrogen-bond donors (Lipinski definition) is 2. The first kappa shape index (κ1) is 31.0. The fourth-order valence-electron chi connectivity index (χ4n) is 4.51. The summed E-state index contributed by atoms with van der Waals surface area (Å²) in [6.07, 6.45) is 0.684. The summed E-state index contributed by atoms with van der Waals surface area (Å²) in [7, 11) is 3.94. The maximum atomic E-state index is 13.6. The van der Waals surface area contributed by atoms with E-state index >= 15 is 0 Å². The number of amides is 2. The van der Waals surface area contributed by atoms with Crippen LogP contribution < -0.4 is 20.9 Å². The van der Waals surface area contributed by atoms with E-state index in [1.54, 1.807) is 22.9 Å². The van der Waals surface area contributed by atoms with Crippen molar-refractivity contribution in [2.24, 2.45) is 5.41 Å². The van der Waals surface area contributed by atoms with Gasteiger partial charge in [-0.3, -0.25) is 19.1 Å². The summed E-state index contributed by atoms with van der Waals surface area (Å²) in [5.41, 5.74) is 1.26. The highest BCUT2D eigenvalue weighted by molar-refractivity contribution is 6.31. The quantitative estimate of drug-likeness (QED) is 0.313. The summed E-state index contributed by atoms with van der Waals surface area (Å²) >= 11 is 6.10. The van der Waals surface area contributed by atoms with Gasteiger partial charge in [0.05, 0.1) is 23.6 Å². The van der Waals surface area contributed by atoms with E-state index in [1.807, 2.05) is 81.7 Å². The van der Waals surface area contributed by atoms with E-state index in [0.717, 1.165) is 11.4 Å². The maximum absolute atomic E-state index is 13.6. The highest BCUT2D eigenvalue weighted by Gasteiger charge is 2.27. The number of benzene rings is 2. The molecule has 40 heavy (non-hydrogen) atoms. The van der Waals surface area contributed by atoms with Crippen molar-refractivity contribution < 1.29 is 14.3 Å². The summed E-state index contributed by atoms with van der Waals surface area (Å²) in [6, 6.07) is 14.3. The SMILES string of the molecule is CCOc1ccc(Cl)cc1C(=O)NCC(C)(C)CC(=O)Nc1c(CCN(C)C)n(CC)n(-c2ccccc2)c1=O. The molecule has 216 valence electrons. The molecule has 2 amide bonds. The fraction of sp³-hybridized carbons (Fsp3) is 0.433. The summed E-state index contributed by atoms with van der Waals surface area (Å²) in [4.78, 5) is 41.9. The zero-order valence-corrected chi connectivity index (χ0v) is 25.0. The van der Waals surface area contributed by atoms with Gasteiger partial charge in [0.15, 0.2) is 0 Å². The molecule has 1 aromatic heterocycles. The molecule has 0 atom stereocenters. The summed E-state index contributed by atoms with van der Waals surface area (Å²) in [5, 5.41) is 6.24. The molecule has 0 unspecified atom stereocenters. The van der Waals surface area contributed by atoms with Crippen molar-refractivity contribution in [3.63, 3.8) is 0 Å². The molecule has 0 aliphatic carbocycles. The molecular weight excluding hydrogens is 530 g/mol. The van der Waals surface area contributed by atoms with Crippen LogP contribution in [0, 0.1) is 5.41 Å². The third kappa shape index (κ3) is 7.76. The molecule has 10 heteroatoms. The number of halogens is 1. The maximum Gasteiger partial charge on any atom is 0.295 e. The Morgan fingerprint density at radius 2 is 1.77 bits per heavy atom. The molecule has 1 heterocycles. The lowest BCUT2D eigenvalue weighted by Gasteiger charge is -2.24. The number of nitrogens with zero attached hydrogens (tertiary/aromatic N) is 3. The predicted octanol–water partition coefficient (Wildman–Crippen LogP) is 4.60. The van der Waals surface area contributed by atoms with Crippen LogP contribution in [0.5, 0.6) is 5.75 Å². The van der Waals surface area contributed by atoms with E-state index in [2.05, 4.69) is 10.6 Å². The van der Waals surface area contributed by atoms with Crippen molar-refractivity contribution in [2.75, 3.05) is 39.1 Å². The van der Waals surface area contributed by atoms with E-state index in [0.29, 0.717) is 42.5 Å². The fourth-order valence-corrected chi connectivity index (χ4v) is 4.68. The Hall–Kier alpha value is -3.56. The van der Waals surface area contributed by atoms with Crippen LogP contribution in [-0.2, 0) is 17.8 Å². The molecule has 0 saturated heterocycles. The second kappa shape index (κ2) is 13.7.